The molecular formula is C31H32IrN2Si-2. The fraction of sp³-hybridized carbons (Fsp3) is 0.290. The van der Waals surface area contributed by atoms with Gasteiger partial charge in [-0.25, -0.2) is 0 Å². The molecule has 0 saturated carbocycles. The van der Waals surface area contributed by atoms with E-state index < -0.39 is 8.07 Å². The van der Waals surface area contributed by atoms with E-state index in [0.29, 0.717) is 5.41 Å². The molecule has 2 aliphatic heterocycles. The number of aromatic nitrogens is 2. The van der Waals surface area contributed by atoms with Gasteiger partial charge < -0.3 is 9.97 Å². The molecule has 2 aliphatic rings. The Balaban J connectivity index is 0.000000189. The van der Waals surface area contributed by atoms with Crippen molar-refractivity contribution < 1.29 is 20.1 Å². The Bertz CT molecular complexity index is 1180. The summed E-state index contributed by atoms with van der Waals surface area (Å²) in [6.07, 6.45) is 8.22. The van der Waals surface area contributed by atoms with Gasteiger partial charge in [0.1, 0.15) is 0 Å². The van der Waals surface area contributed by atoms with Crippen molar-refractivity contribution in [1.29, 1.82) is 0 Å². The summed E-state index contributed by atoms with van der Waals surface area (Å²) >= 11 is 0. The molecular weight excluding hydrogens is 621 g/mol. The van der Waals surface area contributed by atoms with Crippen molar-refractivity contribution in [3.8, 4) is 22.5 Å². The van der Waals surface area contributed by atoms with Crippen LogP contribution in [0.4, 0.5) is 0 Å². The van der Waals surface area contributed by atoms with Gasteiger partial charge in [0, 0.05) is 32.5 Å². The summed E-state index contributed by atoms with van der Waals surface area (Å²) < 4.78 is 0. The van der Waals surface area contributed by atoms with Gasteiger partial charge in [0.05, 0.1) is 8.07 Å². The van der Waals surface area contributed by atoms with Crippen LogP contribution in [-0.2, 0) is 25.5 Å². The molecule has 35 heavy (non-hydrogen) atoms. The van der Waals surface area contributed by atoms with E-state index in [0.717, 1.165) is 22.5 Å². The first-order valence-corrected chi connectivity index (χ1v) is 15.1. The second-order valence-corrected chi connectivity index (χ2v) is 14.9. The minimum absolute atomic E-state index is 0. The van der Waals surface area contributed by atoms with Gasteiger partial charge in [-0.3, -0.25) is 0 Å². The van der Waals surface area contributed by atoms with Crippen molar-refractivity contribution in [2.24, 2.45) is 0 Å². The van der Waals surface area contributed by atoms with E-state index in [1.54, 1.807) is 16.9 Å². The fourth-order valence-corrected chi connectivity index (χ4v) is 11.5. The van der Waals surface area contributed by atoms with Crippen LogP contribution in [0.5, 0.6) is 0 Å². The van der Waals surface area contributed by atoms with Gasteiger partial charge in [-0.15, -0.1) is 71.8 Å². The minimum Gasteiger partial charge on any atom is -0.305 e. The van der Waals surface area contributed by atoms with E-state index >= 15 is 0 Å². The van der Waals surface area contributed by atoms with Gasteiger partial charge in [0.15, 0.2) is 0 Å². The van der Waals surface area contributed by atoms with E-state index in [1.165, 1.54) is 37.4 Å². The van der Waals surface area contributed by atoms with Gasteiger partial charge in [-0.1, -0.05) is 68.2 Å². The van der Waals surface area contributed by atoms with Crippen LogP contribution < -0.4 is 5.19 Å². The Kier molecular flexibility index (Phi) is 8.16. The molecule has 6 rings (SSSR count). The zero-order valence-electron chi connectivity index (χ0n) is 20.6. The number of nitrogens with zero attached hydrogens (tertiary/aromatic N) is 2. The molecule has 1 fully saturated rings. The third-order valence-corrected chi connectivity index (χ3v) is 13.0. The van der Waals surface area contributed by atoms with Crippen LogP contribution in [-0.4, -0.2) is 18.0 Å². The zero-order valence-corrected chi connectivity index (χ0v) is 23.9. The van der Waals surface area contributed by atoms with Gasteiger partial charge in [-0.05, 0) is 34.9 Å². The molecule has 0 unspecified atom stereocenters. The van der Waals surface area contributed by atoms with E-state index in [2.05, 4.69) is 55.4 Å². The number of hydrogen-bond donors (Lipinski definition) is 0. The van der Waals surface area contributed by atoms with Crippen LogP contribution in [0.3, 0.4) is 0 Å². The summed E-state index contributed by atoms with van der Waals surface area (Å²) in [7, 11) is -1.25. The minimum atomic E-state index is -1.25. The van der Waals surface area contributed by atoms with E-state index in [4.69, 9.17) is 4.98 Å². The van der Waals surface area contributed by atoms with Crippen LogP contribution in [0, 0.1) is 12.1 Å². The summed E-state index contributed by atoms with van der Waals surface area (Å²) in [6.45, 7) is 4.80. The molecule has 0 amide bonds. The van der Waals surface area contributed by atoms with Crippen LogP contribution in [0.1, 0.15) is 38.7 Å². The molecule has 4 heterocycles. The predicted molar refractivity (Wildman–Crippen MR) is 144 cm³/mol. The van der Waals surface area contributed by atoms with Crippen molar-refractivity contribution in [3.05, 3.63) is 103 Å². The standard InChI is InChI=1S/C20H24NSi.C11H8N.Ir/c1-20(2)10-13-22(11-6-7-12-22)19-14-18(21-15-17(19)20)16-8-4-3-5-9-16;1-2-6-10(7-3-1)11-8-4-5-9-12-11;/h3-5,8,14-15H,6-7,10-13H2,1-2H3;1-6,8-9H;/q2*-1;. The number of fused-ring (bicyclic) bond motifs is 2. The molecule has 0 aliphatic carbocycles. The molecule has 1 spiro atoms. The normalized spacial score (nSPS) is 17.0. The molecule has 0 atom stereocenters. The van der Waals surface area contributed by atoms with E-state index in [-0.39, 0.29) is 20.1 Å². The SMILES string of the molecule is CC1(C)CC[Si]2(CCCC2)c2cc(-c3[c-]cccc3)ncc21.[Ir].[c-]1ccccc1-c1ccccn1. The van der Waals surface area contributed by atoms with Crippen LogP contribution in [0.2, 0.25) is 18.1 Å². The Morgan fingerprint density at radius 3 is 2.03 bits per heavy atom. The number of pyridine rings is 2. The van der Waals surface area contributed by atoms with Crippen molar-refractivity contribution >= 4 is 13.3 Å². The third-order valence-electron chi connectivity index (χ3n) is 7.63. The molecule has 2 aromatic carbocycles. The summed E-state index contributed by atoms with van der Waals surface area (Å²) in [4.78, 5) is 9.02. The largest absolute Gasteiger partial charge is 0.305 e. The summed E-state index contributed by atoms with van der Waals surface area (Å²) in [5.41, 5.74) is 6.11. The Labute approximate surface area is 224 Å². The van der Waals surface area contributed by atoms with E-state index in [9.17, 15) is 0 Å². The number of benzene rings is 2. The summed E-state index contributed by atoms with van der Waals surface area (Å²) in [6, 6.07) is 35.3. The van der Waals surface area contributed by atoms with E-state index in [1.807, 2.05) is 54.6 Å². The topological polar surface area (TPSA) is 25.8 Å². The molecule has 0 N–H and O–H groups in total. The third kappa shape index (κ3) is 5.56. The first kappa shape index (κ1) is 25.7. The number of rotatable bonds is 2. The van der Waals surface area contributed by atoms with Crippen LogP contribution in [0.25, 0.3) is 22.5 Å². The Morgan fingerprint density at radius 2 is 1.43 bits per heavy atom. The number of hydrogen-bond acceptors (Lipinski definition) is 2. The molecule has 4 aromatic rings. The Hall–Kier alpha value is -2.39. The van der Waals surface area contributed by atoms with Crippen LogP contribution in [0.15, 0.2) is 85.2 Å². The molecule has 2 nitrogen and oxygen atoms in total. The molecule has 181 valence electrons. The first-order chi connectivity index (χ1) is 16.6. The summed E-state index contributed by atoms with van der Waals surface area (Å²) in [5, 5.41) is 1.73. The van der Waals surface area contributed by atoms with Gasteiger partial charge in [0.2, 0.25) is 0 Å². The predicted octanol–water partition coefficient (Wildman–Crippen LogP) is 7.23. The molecule has 0 bridgehead atoms. The maximum atomic E-state index is 4.80. The maximum Gasteiger partial charge on any atom is 0.0862 e. The Morgan fingerprint density at radius 1 is 0.771 bits per heavy atom. The average molecular weight is 653 g/mol. The van der Waals surface area contributed by atoms with Crippen molar-refractivity contribution in [1.82, 2.24) is 9.97 Å². The molecule has 4 heteroatoms. The van der Waals surface area contributed by atoms with Gasteiger partial charge >= 0.3 is 0 Å². The molecule has 1 radical (unpaired) electrons. The first-order valence-electron chi connectivity index (χ1n) is 12.4. The van der Waals surface area contributed by atoms with Crippen molar-refractivity contribution in [2.75, 3.05) is 0 Å². The second kappa shape index (κ2) is 11.1. The van der Waals surface area contributed by atoms with Crippen molar-refractivity contribution in [3.63, 3.8) is 0 Å². The zero-order chi connectivity index (χ0) is 23.4. The molecule has 2 aromatic heterocycles. The fourth-order valence-electron chi connectivity index (χ4n) is 5.60. The smallest absolute Gasteiger partial charge is 0.0862 e. The van der Waals surface area contributed by atoms with Gasteiger partial charge in [0.25, 0.3) is 0 Å². The van der Waals surface area contributed by atoms with Gasteiger partial charge in [-0.2, -0.15) is 0 Å². The average Bonchev–Trinajstić information content (AvgIpc) is 3.38. The quantitative estimate of drug-likeness (QED) is 0.169. The van der Waals surface area contributed by atoms with Crippen LogP contribution >= 0.6 is 0 Å². The molecule has 1 saturated heterocycles. The second-order valence-electron chi connectivity index (χ2n) is 10.3. The van der Waals surface area contributed by atoms with Crippen molar-refractivity contribution in [2.45, 2.75) is 56.7 Å². The monoisotopic (exact) mass is 653 g/mol. The maximum absolute atomic E-state index is 4.80. The summed E-state index contributed by atoms with van der Waals surface area (Å²) in [5.74, 6) is 0.